The van der Waals surface area contributed by atoms with Crippen LogP contribution < -0.4 is 4.74 Å². The molecule has 5 rings (SSSR count). The third-order valence-corrected chi connectivity index (χ3v) is 9.73. The van der Waals surface area contributed by atoms with Crippen LogP contribution in [0.25, 0.3) is 5.57 Å². The summed E-state index contributed by atoms with van der Waals surface area (Å²) in [5.74, 6) is 4.20. The van der Waals surface area contributed by atoms with Crippen LogP contribution in [0.4, 0.5) is 0 Å². The van der Waals surface area contributed by atoms with Gasteiger partial charge in [-0.15, -0.1) is 0 Å². The summed E-state index contributed by atoms with van der Waals surface area (Å²) in [5.41, 5.74) is 3.57. The maximum Gasteiger partial charge on any atom is 0.118 e. The molecule has 0 saturated heterocycles. The lowest BCUT2D eigenvalue weighted by Gasteiger charge is -2.59. The van der Waals surface area contributed by atoms with E-state index in [1.807, 2.05) is 0 Å². The standard InChI is InChI=1S/C26H36O2/c1-25-14-12-18(17-4-7-20(28-3)8-5-17)16-19(25)6-9-21-22-10-11-24(27)26(22,2)15-13-23(21)25/h4-5,7-8,12,19,21-24,27H,6,9-11,13-16H2,1-3H3/t19-,21-,22-,23+,24-,25-,26-/m0/s1. The van der Waals surface area contributed by atoms with Gasteiger partial charge in [0.1, 0.15) is 5.75 Å². The number of ether oxygens (including phenoxy) is 1. The minimum Gasteiger partial charge on any atom is -0.497 e. The van der Waals surface area contributed by atoms with Gasteiger partial charge in [-0.1, -0.05) is 32.1 Å². The molecule has 7 atom stereocenters. The van der Waals surface area contributed by atoms with Crippen LogP contribution in [0.3, 0.4) is 0 Å². The second kappa shape index (κ2) is 6.62. The lowest BCUT2D eigenvalue weighted by molar-refractivity contribution is -0.108. The maximum atomic E-state index is 10.7. The molecule has 1 aromatic rings. The van der Waals surface area contributed by atoms with E-state index in [0.717, 1.165) is 35.8 Å². The van der Waals surface area contributed by atoms with Crippen molar-refractivity contribution in [2.45, 2.75) is 71.3 Å². The normalized spacial score (nSPS) is 44.9. The van der Waals surface area contributed by atoms with Gasteiger partial charge in [-0.05, 0) is 109 Å². The van der Waals surface area contributed by atoms with Crippen LogP contribution in [-0.2, 0) is 0 Å². The van der Waals surface area contributed by atoms with Crippen molar-refractivity contribution in [2.75, 3.05) is 7.11 Å². The molecule has 3 fully saturated rings. The van der Waals surface area contributed by atoms with Crippen molar-refractivity contribution in [1.82, 2.24) is 0 Å². The summed E-state index contributed by atoms with van der Waals surface area (Å²) in [4.78, 5) is 0. The molecule has 2 nitrogen and oxygen atoms in total. The highest BCUT2D eigenvalue weighted by atomic mass is 16.5. The molecule has 4 aliphatic rings. The number of hydrogen-bond donors (Lipinski definition) is 1. The fraction of sp³-hybridized carbons (Fsp3) is 0.692. The maximum absolute atomic E-state index is 10.7. The van der Waals surface area contributed by atoms with Crippen LogP contribution >= 0.6 is 0 Å². The van der Waals surface area contributed by atoms with Crippen LogP contribution in [0.15, 0.2) is 30.3 Å². The largest absolute Gasteiger partial charge is 0.497 e. The second-order valence-corrected chi connectivity index (χ2v) is 10.7. The Labute approximate surface area is 170 Å². The number of allylic oxidation sites excluding steroid dienone is 2. The van der Waals surface area contributed by atoms with Gasteiger partial charge in [0.25, 0.3) is 0 Å². The van der Waals surface area contributed by atoms with Gasteiger partial charge < -0.3 is 9.84 Å². The monoisotopic (exact) mass is 380 g/mol. The number of aliphatic hydroxyl groups is 1. The van der Waals surface area contributed by atoms with E-state index < -0.39 is 0 Å². The zero-order chi connectivity index (χ0) is 19.5. The van der Waals surface area contributed by atoms with Crippen LogP contribution in [0.1, 0.15) is 70.8 Å². The summed E-state index contributed by atoms with van der Waals surface area (Å²) in [6.45, 7) is 4.99. The summed E-state index contributed by atoms with van der Waals surface area (Å²) >= 11 is 0. The van der Waals surface area contributed by atoms with E-state index in [1.54, 1.807) is 12.7 Å². The van der Waals surface area contributed by atoms with Crippen LogP contribution in [0.5, 0.6) is 5.75 Å². The lowest BCUT2D eigenvalue weighted by Crippen LogP contribution is -2.53. The average molecular weight is 381 g/mol. The molecule has 0 heterocycles. The molecule has 28 heavy (non-hydrogen) atoms. The fourth-order valence-electron chi connectivity index (χ4n) is 7.89. The summed E-state index contributed by atoms with van der Waals surface area (Å²) in [7, 11) is 1.73. The highest BCUT2D eigenvalue weighted by molar-refractivity contribution is 5.67. The second-order valence-electron chi connectivity index (χ2n) is 10.7. The van der Waals surface area contributed by atoms with Gasteiger partial charge in [-0.2, -0.15) is 0 Å². The Kier molecular flexibility index (Phi) is 4.43. The molecule has 152 valence electrons. The third-order valence-electron chi connectivity index (χ3n) is 9.73. The van der Waals surface area contributed by atoms with Crippen molar-refractivity contribution in [3.63, 3.8) is 0 Å². The summed E-state index contributed by atoms with van der Waals surface area (Å²) in [5, 5.41) is 10.7. The van der Waals surface area contributed by atoms with Crippen molar-refractivity contribution in [2.24, 2.45) is 34.5 Å². The van der Waals surface area contributed by atoms with E-state index in [0.29, 0.717) is 5.41 Å². The van der Waals surface area contributed by atoms with E-state index in [1.165, 1.54) is 50.5 Å². The van der Waals surface area contributed by atoms with Gasteiger partial charge >= 0.3 is 0 Å². The Morgan fingerprint density at radius 2 is 1.68 bits per heavy atom. The number of fused-ring (bicyclic) bond motifs is 5. The highest BCUT2D eigenvalue weighted by Gasteiger charge is 2.59. The molecule has 0 amide bonds. The summed E-state index contributed by atoms with van der Waals surface area (Å²) in [6.07, 6.45) is 12.6. The average Bonchev–Trinajstić information content (AvgIpc) is 3.02. The van der Waals surface area contributed by atoms with Gasteiger partial charge in [0.15, 0.2) is 0 Å². The molecule has 1 N–H and O–H groups in total. The SMILES string of the molecule is COc1ccc(C2=CC[C@@]3(C)[C@@H](CC[C@@H]4[C@H]3CC[C@]3(C)[C@@H](O)CC[C@@H]43)C2)cc1. The van der Waals surface area contributed by atoms with Gasteiger partial charge in [-0.25, -0.2) is 0 Å². The van der Waals surface area contributed by atoms with E-state index in [-0.39, 0.29) is 11.5 Å². The quantitative estimate of drug-likeness (QED) is 0.672. The zero-order valence-corrected chi connectivity index (χ0v) is 17.8. The van der Waals surface area contributed by atoms with Crippen molar-refractivity contribution in [1.29, 1.82) is 0 Å². The predicted octanol–water partition coefficient (Wildman–Crippen LogP) is 6.09. The van der Waals surface area contributed by atoms with Gasteiger partial charge in [0.2, 0.25) is 0 Å². The predicted molar refractivity (Wildman–Crippen MR) is 114 cm³/mol. The van der Waals surface area contributed by atoms with Crippen molar-refractivity contribution in [3.8, 4) is 5.75 Å². The van der Waals surface area contributed by atoms with Gasteiger partial charge in [0.05, 0.1) is 13.2 Å². The van der Waals surface area contributed by atoms with Crippen LogP contribution in [0.2, 0.25) is 0 Å². The molecule has 0 aliphatic heterocycles. The lowest BCUT2D eigenvalue weighted by atomic mass is 9.45. The summed E-state index contributed by atoms with van der Waals surface area (Å²) < 4.78 is 5.33. The molecule has 4 aliphatic carbocycles. The molecular formula is C26H36O2. The Hall–Kier alpha value is -1.28. The smallest absolute Gasteiger partial charge is 0.118 e. The Morgan fingerprint density at radius 1 is 0.929 bits per heavy atom. The molecule has 2 heteroatoms. The highest BCUT2D eigenvalue weighted by Crippen LogP contribution is 2.66. The Morgan fingerprint density at radius 3 is 2.43 bits per heavy atom. The van der Waals surface area contributed by atoms with E-state index in [2.05, 4.69) is 44.2 Å². The minimum atomic E-state index is -0.0584. The Bertz CT molecular complexity index is 765. The van der Waals surface area contributed by atoms with E-state index in [9.17, 15) is 5.11 Å². The number of aliphatic hydroxyl groups excluding tert-OH is 1. The van der Waals surface area contributed by atoms with Crippen LogP contribution in [0, 0.1) is 34.5 Å². The Balaban J connectivity index is 1.40. The van der Waals surface area contributed by atoms with Gasteiger partial charge in [-0.3, -0.25) is 0 Å². The van der Waals surface area contributed by atoms with Crippen LogP contribution in [-0.4, -0.2) is 18.3 Å². The first kappa shape index (κ1) is 18.7. The fourth-order valence-corrected chi connectivity index (χ4v) is 7.89. The summed E-state index contributed by atoms with van der Waals surface area (Å²) in [6, 6.07) is 8.64. The number of methoxy groups -OCH3 is 1. The van der Waals surface area contributed by atoms with Gasteiger partial charge in [0, 0.05) is 0 Å². The zero-order valence-electron chi connectivity index (χ0n) is 17.8. The first-order chi connectivity index (χ1) is 13.5. The number of hydrogen-bond acceptors (Lipinski definition) is 2. The topological polar surface area (TPSA) is 29.5 Å². The molecule has 3 saturated carbocycles. The molecule has 0 radical (unpaired) electrons. The third kappa shape index (κ3) is 2.63. The molecule has 1 aromatic carbocycles. The number of benzene rings is 1. The molecule has 0 aromatic heterocycles. The van der Waals surface area contributed by atoms with Crippen molar-refractivity contribution < 1.29 is 9.84 Å². The van der Waals surface area contributed by atoms with Crippen molar-refractivity contribution in [3.05, 3.63) is 35.9 Å². The van der Waals surface area contributed by atoms with E-state index >= 15 is 0 Å². The first-order valence-electron chi connectivity index (χ1n) is 11.5. The minimum absolute atomic E-state index is 0.0584. The molecule has 0 spiro atoms. The molecule has 0 unspecified atom stereocenters. The van der Waals surface area contributed by atoms with Crippen molar-refractivity contribution >= 4 is 5.57 Å². The number of rotatable bonds is 2. The molecular weight excluding hydrogens is 344 g/mol. The first-order valence-corrected chi connectivity index (χ1v) is 11.5. The molecule has 0 bridgehead atoms. The van der Waals surface area contributed by atoms with E-state index in [4.69, 9.17) is 4.74 Å².